The van der Waals surface area contributed by atoms with Crippen LogP contribution in [0, 0.1) is 17.8 Å². The lowest BCUT2D eigenvalue weighted by Crippen LogP contribution is -2.36. The maximum absolute atomic E-state index is 11.6. The number of hydrogen-bond acceptors (Lipinski definition) is 5. The van der Waals surface area contributed by atoms with E-state index in [0.717, 1.165) is 6.42 Å². The van der Waals surface area contributed by atoms with Gasteiger partial charge in [0.15, 0.2) is 0 Å². The molecular formula is C25H33ClO5. The number of allylic oxidation sites excluding steroid dienone is 2. The first-order valence-corrected chi connectivity index (χ1v) is 11.2. The summed E-state index contributed by atoms with van der Waals surface area (Å²) < 4.78 is 5.53. The van der Waals surface area contributed by atoms with Crippen molar-refractivity contribution in [3.8, 4) is 5.75 Å². The van der Waals surface area contributed by atoms with E-state index >= 15 is 0 Å². The molecule has 2 rings (SSSR count). The van der Waals surface area contributed by atoms with Crippen molar-refractivity contribution in [2.24, 2.45) is 17.8 Å². The molecule has 6 atom stereocenters. The zero-order valence-electron chi connectivity index (χ0n) is 18.3. The molecule has 31 heavy (non-hydrogen) atoms. The molecule has 1 aromatic rings. The molecule has 1 aliphatic rings. The third-order valence-electron chi connectivity index (χ3n) is 5.80. The van der Waals surface area contributed by atoms with Gasteiger partial charge in [-0.1, -0.05) is 74.9 Å². The molecule has 0 bridgehead atoms. The lowest BCUT2D eigenvalue weighted by Gasteiger charge is -2.33. The Kier molecular flexibility index (Phi) is 9.82. The van der Waals surface area contributed by atoms with Crippen LogP contribution in [0.1, 0.15) is 45.6 Å². The quantitative estimate of drug-likeness (QED) is 0.350. The van der Waals surface area contributed by atoms with Crippen molar-refractivity contribution in [2.75, 3.05) is 0 Å². The summed E-state index contributed by atoms with van der Waals surface area (Å²) in [5.41, 5.74) is 0.673. The number of cyclic esters (lactones) is 1. The van der Waals surface area contributed by atoms with Crippen LogP contribution in [-0.2, 0) is 9.53 Å². The van der Waals surface area contributed by atoms with Crippen molar-refractivity contribution < 1.29 is 24.9 Å². The van der Waals surface area contributed by atoms with Gasteiger partial charge in [-0.05, 0) is 36.3 Å². The Bertz CT molecular complexity index is 816. The van der Waals surface area contributed by atoms with Crippen LogP contribution in [0.25, 0.3) is 6.08 Å². The molecule has 4 unspecified atom stereocenters. The van der Waals surface area contributed by atoms with E-state index in [0.29, 0.717) is 12.0 Å². The van der Waals surface area contributed by atoms with Gasteiger partial charge in [-0.15, -0.1) is 0 Å². The second-order valence-electron chi connectivity index (χ2n) is 8.32. The summed E-state index contributed by atoms with van der Waals surface area (Å²) in [6.07, 6.45) is 10.3. The minimum absolute atomic E-state index is 0.0171. The zero-order valence-corrected chi connectivity index (χ0v) is 19.1. The van der Waals surface area contributed by atoms with E-state index in [1.807, 2.05) is 19.9 Å². The largest absolute Gasteiger partial charge is 0.506 e. The number of halogens is 1. The second-order valence-corrected chi connectivity index (χ2v) is 8.70. The molecule has 0 radical (unpaired) electrons. The Morgan fingerprint density at radius 3 is 2.65 bits per heavy atom. The smallest absolute Gasteiger partial charge is 0.330 e. The van der Waals surface area contributed by atoms with Crippen molar-refractivity contribution in [1.82, 2.24) is 0 Å². The molecule has 0 spiro atoms. The second kappa shape index (κ2) is 12.1. The molecule has 170 valence electrons. The number of hydrogen-bond donors (Lipinski definition) is 3. The van der Waals surface area contributed by atoms with E-state index in [1.54, 1.807) is 36.4 Å². The predicted molar refractivity (Wildman–Crippen MR) is 124 cm³/mol. The van der Waals surface area contributed by atoms with Crippen LogP contribution in [0.2, 0.25) is 5.02 Å². The summed E-state index contributed by atoms with van der Waals surface area (Å²) in [7, 11) is 0. The fraction of sp³-hybridized carbons (Fsp3) is 0.480. The van der Waals surface area contributed by atoms with Gasteiger partial charge in [0.2, 0.25) is 0 Å². The van der Waals surface area contributed by atoms with E-state index < -0.39 is 12.2 Å². The molecule has 0 aliphatic carbocycles. The number of aliphatic hydroxyl groups excluding tert-OH is 2. The number of phenols is 1. The summed E-state index contributed by atoms with van der Waals surface area (Å²) in [4.78, 5) is 11.6. The summed E-state index contributed by atoms with van der Waals surface area (Å²) in [6.45, 7) is 6.05. The minimum atomic E-state index is -0.795. The van der Waals surface area contributed by atoms with Crippen molar-refractivity contribution in [3.05, 3.63) is 59.2 Å². The van der Waals surface area contributed by atoms with Gasteiger partial charge in [-0.25, -0.2) is 4.79 Å². The van der Waals surface area contributed by atoms with Crippen molar-refractivity contribution >= 4 is 23.6 Å². The molecular weight excluding hydrogens is 416 g/mol. The van der Waals surface area contributed by atoms with Crippen LogP contribution in [0.4, 0.5) is 0 Å². The normalized spacial score (nSPS) is 23.1. The van der Waals surface area contributed by atoms with Crippen molar-refractivity contribution in [2.45, 2.75) is 58.3 Å². The summed E-state index contributed by atoms with van der Waals surface area (Å²) in [5.74, 6) is -0.0517. The Morgan fingerprint density at radius 1 is 1.19 bits per heavy atom. The molecule has 0 fully saturated rings. The van der Waals surface area contributed by atoms with Crippen LogP contribution in [-0.4, -0.2) is 39.6 Å². The fourth-order valence-corrected chi connectivity index (χ4v) is 4.12. The molecule has 0 saturated carbocycles. The highest BCUT2D eigenvalue weighted by Crippen LogP contribution is 2.31. The summed E-state index contributed by atoms with van der Waals surface area (Å²) in [5, 5.41) is 30.6. The Hall–Kier alpha value is -2.08. The van der Waals surface area contributed by atoms with Crippen LogP contribution >= 0.6 is 11.6 Å². The van der Waals surface area contributed by atoms with E-state index in [9.17, 15) is 20.1 Å². The predicted octanol–water partition coefficient (Wildman–Crippen LogP) is 4.90. The van der Waals surface area contributed by atoms with Gasteiger partial charge in [0.25, 0.3) is 0 Å². The Balaban J connectivity index is 1.84. The Labute approximate surface area is 189 Å². The lowest BCUT2D eigenvalue weighted by molar-refractivity contribution is -0.150. The number of carbonyl (C=O) groups is 1. The number of aliphatic hydroxyl groups is 2. The number of aromatic hydroxyl groups is 1. The summed E-state index contributed by atoms with van der Waals surface area (Å²) in [6, 6.07) is 4.99. The zero-order chi connectivity index (χ0) is 23.0. The monoisotopic (exact) mass is 448 g/mol. The molecule has 3 N–H and O–H groups in total. The molecule has 1 aromatic carbocycles. The molecule has 0 amide bonds. The minimum Gasteiger partial charge on any atom is -0.506 e. The van der Waals surface area contributed by atoms with Gasteiger partial charge in [0.1, 0.15) is 11.9 Å². The number of benzene rings is 1. The average Bonchev–Trinajstić information content (AvgIpc) is 2.73. The molecule has 5 nitrogen and oxygen atoms in total. The van der Waals surface area contributed by atoms with Crippen LogP contribution in [0.15, 0.2) is 48.6 Å². The maximum atomic E-state index is 11.6. The highest BCUT2D eigenvalue weighted by Gasteiger charge is 2.32. The first-order chi connectivity index (χ1) is 14.7. The highest BCUT2D eigenvalue weighted by molar-refractivity contribution is 6.33. The van der Waals surface area contributed by atoms with Crippen LogP contribution in [0.3, 0.4) is 0 Å². The molecule has 0 aromatic heterocycles. The summed E-state index contributed by atoms with van der Waals surface area (Å²) >= 11 is 6.02. The number of ether oxygens (including phenoxy) is 1. The highest BCUT2D eigenvalue weighted by atomic mass is 35.5. The molecule has 1 aliphatic heterocycles. The number of esters is 1. The molecule has 6 heteroatoms. The van der Waals surface area contributed by atoms with Crippen molar-refractivity contribution in [1.29, 1.82) is 0 Å². The van der Waals surface area contributed by atoms with Gasteiger partial charge in [0, 0.05) is 18.4 Å². The number of carbonyl (C=O) groups excluding carboxylic acids is 1. The van der Waals surface area contributed by atoms with E-state index in [4.69, 9.17) is 16.3 Å². The van der Waals surface area contributed by atoms with E-state index in [-0.39, 0.29) is 47.0 Å². The van der Waals surface area contributed by atoms with Gasteiger partial charge in [0.05, 0.1) is 17.2 Å². The van der Waals surface area contributed by atoms with Gasteiger partial charge >= 0.3 is 5.97 Å². The molecule has 1 heterocycles. The van der Waals surface area contributed by atoms with E-state index in [1.165, 1.54) is 12.1 Å². The first-order valence-electron chi connectivity index (χ1n) is 10.8. The topological polar surface area (TPSA) is 87.0 Å². The third-order valence-corrected chi connectivity index (χ3v) is 6.21. The van der Waals surface area contributed by atoms with E-state index in [2.05, 4.69) is 6.92 Å². The SMILES string of the molecule is CCC1C=CC(=O)OC1[C@H](C)CC(C)[C@@H](O)CC(O)/C=C\C=C\c1cccc(O)c1Cl. The standard InChI is InChI=1S/C25H33ClO5/c1-4-18-12-13-23(30)31-25(18)17(3)14-16(2)22(29)15-20(27)10-6-5-8-19-9-7-11-21(28)24(19)26/h5-13,16-18,20,22,25,27-29H,4,14-15H2,1-3H3/b8-5+,10-6-/t16?,17-,18?,20?,22+,25?/m1/s1. The first kappa shape index (κ1) is 25.2. The van der Waals surface area contributed by atoms with Gasteiger partial charge < -0.3 is 20.1 Å². The van der Waals surface area contributed by atoms with Crippen molar-refractivity contribution in [3.63, 3.8) is 0 Å². The maximum Gasteiger partial charge on any atom is 0.330 e. The van der Waals surface area contributed by atoms with Gasteiger partial charge in [-0.3, -0.25) is 0 Å². The third kappa shape index (κ3) is 7.53. The van der Waals surface area contributed by atoms with Crippen LogP contribution < -0.4 is 0 Å². The fourth-order valence-electron chi connectivity index (χ4n) is 3.93. The Morgan fingerprint density at radius 2 is 1.94 bits per heavy atom. The van der Waals surface area contributed by atoms with Crippen LogP contribution in [0.5, 0.6) is 5.75 Å². The van der Waals surface area contributed by atoms with Gasteiger partial charge in [-0.2, -0.15) is 0 Å². The lowest BCUT2D eigenvalue weighted by atomic mass is 9.81. The number of rotatable bonds is 10. The average molecular weight is 449 g/mol. The molecule has 0 saturated heterocycles. The number of phenolic OH excluding ortho intramolecular Hbond substituents is 1.